The van der Waals surface area contributed by atoms with E-state index in [-0.39, 0.29) is 5.84 Å². The molecule has 68 valence electrons. The Kier molecular flexibility index (Phi) is 2.74. The van der Waals surface area contributed by atoms with Crippen molar-refractivity contribution in [2.24, 2.45) is 10.7 Å². The minimum absolute atomic E-state index is 0.101. The summed E-state index contributed by atoms with van der Waals surface area (Å²) in [6.45, 7) is 3.59. The van der Waals surface area contributed by atoms with Crippen molar-refractivity contribution < 1.29 is 0 Å². The van der Waals surface area contributed by atoms with Gasteiger partial charge in [0.05, 0.1) is 5.84 Å². The third-order valence-electron chi connectivity index (χ3n) is 1.45. The van der Waals surface area contributed by atoms with Crippen LogP contribution in [0.2, 0.25) is 0 Å². The second-order valence-corrected chi connectivity index (χ2v) is 2.82. The lowest BCUT2D eigenvalue weighted by Gasteiger charge is -1.98. The first-order valence-electron chi connectivity index (χ1n) is 3.92. The Hall–Kier alpha value is -1.71. The number of rotatable bonds is 1. The van der Waals surface area contributed by atoms with E-state index in [1.807, 2.05) is 13.0 Å². The van der Waals surface area contributed by atoms with Gasteiger partial charge in [-0.2, -0.15) is 0 Å². The van der Waals surface area contributed by atoms with E-state index in [9.17, 15) is 0 Å². The van der Waals surface area contributed by atoms with Crippen molar-refractivity contribution in [1.82, 2.24) is 4.98 Å². The summed E-state index contributed by atoms with van der Waals surface area (Å²) in [6, 6.07) is 3.67. The highest BCUT2D eigenvalue weighted by Crippen LogP contribution is 2.01. The highest BCUT2D eigenvalue weighted by Gasteiger charge is 2.00. The number of nitrogens with two attached hydrogens (primary N) is 1. The minimum atomic E-state index is 0.101. The zero-order valence-electron chi connectivity index (χ0n) is 7.70. The average Bonchev–Trinajstić information content (AvgIpc) is 2.03. The molecule has 0 amide bonds. The fourth-order valence-electron chi connectivity index (χ4n) is 0.899. The van der Waals surface area contributed by atoms with E-state index in [0.29, 0.717) is 11.5 Å². The zero-order chi connectivity index (χ0) is 9.84. The van der Waals surface area contributed by atoms with Gasteiger partial charge in [0.2, 0.25) is 0 Å². The molecule has 1 aromatic rings. The standard InChI is InChI=1S/C9H12N4/c1-6-3-4-12-8(5-6)9(11)13-7(2)10/h3-5H,1-2H3,(H3,10,11,13). The molecule has 4 nitrogen and oxygen atoms in total. The summed E-state index contributed by atoms with van der Waals surface area (Å²) in [6.07, 6.45) is 1.65. The topological polar surface area (TPSA) is 75.1 Å². The Balaban J connectivity index is 2.96. The van der Waals surface area contributed by atoms with Gasteiger partial charge >= 0.3 is 0 Å². The Labute approximate surface area is 77.0 Å². The number of pyridine rings is 1. The summed E-state index contributed by atoms with van der Waals surface area (Å²) in [5.74, 6) is 0.469. The van der Waals surface area contributed by atoms with Gasteiger partial charge in [-0.25, -0.2) is 4.99 Å². The molecule has 3 N–H and O–H groups in total. The Morgan fingerprint density at radius 2 is 2.31 bits per heavy atom. The van der Waals surface area contributed by atoms with Crippen molar-refractivity contribution >= 4 is 11.7 Å². The van der Waals surface area contributed by atoms with Crippen molar-refractivity contribution in [3.8, 4) is 0 Å². The molecule has 0 atom stereocenters. The van der Waals surface area contributed by atoms with Crippen LogP contribution in [0.3, 0.4) is 0 Å². The van der Waals surface area contributed by atoms with Gasteiger partial charge in [0.1, 0.15) is 5.69 Å². The average molecular weight is 176 g/mol. The monoisotopic (exact) mass is 176 g/mol. The van der Waals surface area contributed by atoms with Gasteiger partial charge in [-0.15, -0.1) is 0 Å². The second kappa shape index (κ2) is 3.80. The van der Waals surface area contributed by atoms with E-state index < -0.39 is 0 Å². The lowest BCUT2D eigenvalue weighted by atomic mass is 10.2. The van der Waals surface area contributed by atoms with Crippen molar-refractivity contribution in [1.29, 1.82) is 5.41 Å². The first-order chi connectivity index (χ1) is 6.09. The summed E-state index contributed by atoms with van der Waals surface area (Å²) in [5.41, 5.74) is 6.95. The quantitative estimate of drug-likeness (QED) is 0.496. The number of amidine groups is 2. The zero-order valence-corrected chi connectivity index (χ0v) is 7.70. The molecule has 0 aliphatic heterocycles. The molecule has 4 heteroatoms. The van der Waals surface area contributed by atoms with Crippen molar-refractivity contribution in [3.63, 3.8) is 0 Å². The van der Waals surface area contributed by atoms with Gasteiger partial charge in [-0.3, -0.25) is 10.4 Å². The van der Waals surface area contributed by atoms with Gasteiger partial charge in [-0.1, -0.05) is 0 Å². The van der Waals surface area contributed by atoms with E-state index in [4.69, 9.17) is 11.1 Å². The van der Waals surface area contributed by atoms with Gasteiger partial charge in [0.15, 0.2) is 5.84 Å². The maximum Gasteiger partial charge on any atom is 0.172 e. The summed E-state index contributed by atoms with van der Waals surface area (Å²) in [4.78, 5) is 7.81. The summed E-state index contributed by atoms with van der Waals surface area (Å²) in [5, 5.41) is 7.53. The molecule has 1 heterocycles. The SMILES string of the molecule is CC(N)=NC(=N)c1cc(C)ccn1. The number of hydrogen-bond donors (Lipinski definition) is 2. The molecular formula is C9H12N4. The van der Waals surface area contributed by atoms with Gasteiger partial charge in [0.25, 0.3) is 0 Å². The van der Waals surface area contributed by atoms with E-state index in [2.05, 4.69) is 9.98 Å². The number of hydrogen-bond acceptors (Lipinski definition) is 2. The lowest BCUT2D eigenvalue weighted by molar-refractivity contribution is 1.22. The maximum atomic E-state index is 7.53. The van der Waals surface area contributed by atoms with Crippen LogP contribution < -0.4 is 5.73 Å². The molecule has 1 rings (SSSR count). The molecule has 0 spiro atoms. The number of aromatic nitrogens is 1. The van der Waals surface area contributed by atoms with Crippen molar-refractivity contribution in [2.45, 2.75) is 13.8 Å². The molecule has 0 aliphatic carbocycles. The van der Waals surface area contributed by atoms with Crippen LogP contribution in [0.5, 0.6) is 0 Å². The molecule has 0 unspecified atom stereocenters. The van der Waals surface area contributed by atoms with Crippen LogP contribution in [-0.4, -0.2) is 16.7 Å². The molecule has 13 heavy (non-hydrogen) atoms. The van der Waals surface area contributed by atoms with Crippen LogP contribution in [0.1, 0.15) is 18.2 Å². The first-order valence-corrected chi connectivity index (χ1v) is 3.92. The predicted octanol–water partition coefficient (Wildman–Crippen LogP) is 1.09. The number of aliphatic imine (C=N–C) groups is 1. The number of aryl methyl sites for hydroxylation is 1. The second-order valence-electron chi connectivity index (χ2n) is 2.82. The van der Waals surface area contributed by atoms with Gasteiger partial charge in [0, 0.05) is 6.20 Å². The van der Waals surface area contributed by atoms with Crippen LogP contribution in [0, 0.1) is 12.3 Å². The first kappa shape index (κ1) is 9.38. The Morgan fingerprint density at radius 3 is 2.85 bits per heavy atom. The van der Waals surface area contributed by atoms with E-state index in [1.165, 1.54) is 0 Å². The minimum Gasteiger partial charge on any atom is -0.387 e. The van der Waals surface area contributed by atoms with E-state index in [1.54, 1.807) is 19.2 Å². The molecule has 0 bridgehead atoms. The van der Waals surface area contributed by atoms with Crippen molar-refractivity contribution in [2.75, 3.05) is 0 Å². The van der Waals surface area contributed by atoms with Gasteiger partial charge < -0.3 is 5.73 Å². The third kappa shape index (κ3) is 2.66. The molecule has 0 radical (unpaired) electrons. The van der Waals surface area contributed by atoms with Crippen LogP contribution >= 0.6 is 0 Å². The maximum absolute atomic E-state index is 7.53. The molecule has 0 fully saturated rings. The summed E-state index contributed by atoms with van der Waals surface area (Å²) in [7, 11) is 0. The van der Waals surface area contributed by atoms with E-state index in [0.717, 1.165) is 5.56 Å². The van der Waals surface area contributed by atoms with Crippen LogP contribution in [0.4, 0.5) is 0 Å². The third-order valence-corrected chi connectivity index (χ3v) is 1.45. The fourth-order valence-corrected chi connectivity index (χ4v) is 0.899. The Bertz CT molecular complexity index is 350. The summed E-state index contributed by atoms with van der Waals surface area (Å²) < 4.78 is 0. The number of nitrogens with one attached hydrogen (secondary N) is 1. The molecule has 0 saturated carbocycles. The number of nitrogens with zero attached hydrogens (tertiary/aromatic N) is 2. The highest BCUT2D eigenvalue weighted by molar-refractivity contribution is 6.02. The molecule has 0 aliphatic rings. The molecule has 0 saturated heterocycles. The molecule has 1 aromatic heterocycles. The smallest absolute Gasteiger partial charge is 0.172 e. The van der Waals surface area contributed by atoms with Crippen molar-refractivity contribution in [3.05, 3.63) is 29.6 Å². The van der Waals surface area contributed by atoms with Crippen LogP contribution in [-0.2, 0) is 0 Å². The molecular weight excluding hydrogens is 164 g/mol. The van der Waals surface area contributed by atoms with Gasteiger partial charge in [-0.05, 0) is 31.5 Å². The largest absolute Gasteiger partial charge is 0.387 e. The Morgan fingerprint density at radius 1 is 1.62 bits per heavy atom. The lowest BCUT2D eigenvalue weighted by Crippen LogP contribution is -2.10. The highest BCUT2D eigenvalue weighted by atomic mass is 14.9. The predicted molar refractivity (Wildman–Crippen MR) is 53.1 cm³/mol. The summed E-state index contributed by atoms with van der Waals surface area (Å²) >= 11 is 0. The molecule has 0 aromatic carbocycles. The normalized spacial score (nSPS) is 11.4. The van der Waals surface area contributed by atoms with E-state index >= 15 is 0 Å². The van der Waals surface area contributed by atoms with Crippen LogP contribution in [0.15, 0.2) is 23.3 Å². The van der Waals surface area contributed by atoms with Crippen LogP contribution in [0.25, 0.3) is 0 Å². The fraction of sp³-hybridized carbons (Fsp3) is 0.222.